The molecule has 2 rings (SSSR count). The van der Waals surface area contributed by atoms with Gasteiger partial charge in [0.25, 0.3) is 0 Å². The fourth-order valence-corrected chi connectivity index (χ4v) is 2.29. The lowest BCUT2D eigenvalue weighted by Crippen LogP contribution is -2.06. The molecule has 0 unspecified atom stereocenters. The van der Waals surface area contributed by atoms with Crippen LogP contribution in [-0.2, 0) is 0 Å². The van der Waals surface area contributed by atoms with Crippen molar-refractivity contribution >= 4 is 21.7 Å². The fraction of sp³-hybridized carbons (Fsp3) is 0.133. The van der Waals surface area contributed by atoms with Crippen LogP contribution in [-0.4, -0.2) is 12.4 Å². The van der Waals surface area contributed by atoms with Gasteiger partial charge < -0.3 is 4.74 Å². The van der Waals surface area contributed by atoms with Crippen molar-refractivity contribution in [3.05, 3.63) is 63.6 Å². The molecule has 0 spiro atoms. The van der Waals surface area contributed by atoms with Crippen LogP contribution in [0.1, 0.15) is 22.8 Å². The minimum Gasteiger partial charge on any atom is -0.494 e. The Labute approximate surface area is 123 Å². The highest BCUT2D eigenvalue weighted by atomic mass is 79.9. The van der Waals surface area contributed by atoms with Gasteiger partial charge in [0, 0.05) is 16.1 Å². The van der Waals surface area contributed by atoms with Gasteiger partial charge in [0.2, 0.25) is 0 Å². The maximum absolute atomic E-state index is 13.6. The van der Waals surface area contributed by atoms with Gasteiger partial charge in [0.15, 0.2) is 5.78 Å². The third kappa shape index (κ3) is 3.04. The predicted molar refractivity (Wildman–Crippen MR) is 75.1 cm³/mol. The van der Waals surface area contributed by atoms with Gasteiger partial charge in [0.1, 0.15) is 17.4 Å². The summed E-state index contributed by atoms with van der Waals surface area (Å²) in [5.41, 5.74) is 0.121. The van der Waals surface area contributed by atoms with Crippen molar-refractivity contribution in [1.29, 1.82) is 0 Å². The molecule has 0 aliphatic rings. The van der Waals surface area contributed by atoms with Gasteiger partial charge in [-0.25, -0.2) is 8.78 Å². The number of carbonyl (C=O) groups is 1. The molecule has 0 atom stereocenters. The second kappa shape index (κ2) is 6.13. The van der Waals surface area contributed by atoms with E-state index in [2.05, 4.69) is 15.9 Å². The van der Waals surface area contributed by atoms with Gasteiger partial charge in [-0.15, -0.1) is 0 Å². The Balaban J connectivity index is 2.38. The number of hydrogen-bond acceptors (Lipinski definition) is 2. The highest BCUT2D eigenvalue weighted by Gasteiger charge is 2.17. The molecule has 0 aliphatic carbocycles. The number of carbonyl (C=O) groups excluding carboxylic acids is 1. The summed E-state index contributed by atoms with van der Waals surface area (Å²) in [4.78, 5) is 12.2. The van der Waals surface area contributed by atoms with Crippen LogP contribution in [0.2, 0.25) is 0 Å². The maximum atomic E-state index is 13.6. The van der Waals surface area contributed by atoms with E-state index in [0.29, 0.717) is 28.5 Å². The summed E-state index contributed by atoms with van der Waals surface area (Å²) >= 11 is 3.26. The molecule has 0 bridgehead atoms. The Morgan fingerprint density at radius 2 is 1.85 bits per heavy atom. The number of benzene rings is 2. The van der Waals surface area contributed by atoms with E-state index in [0.717, 1.165) is 12.1 Å². The zero-order chi connectivity index (χ0) is 14.7. The van der Waals surface area contributed by atoms with E-state index in [9.17, 15) is 13.6 Å². The molecule has 2 aromatic rings. The van der Waals surface area contributed by atoms with Crippen LogP contribution in [0.4, 0.5) is 8.78 Å². The molecule has 5 heteroatoms. The van der Waals surface area contributed by atoms with Crippen molar-refractivity contribution in [3.63, 3.8) is 0 Å². The lowest BCUT2D eigenvalue weighted by Gasteiger charge is -2.08. The average molecular weight is 341 g/mol. The summed E-state index contributed by atoms with van der Waals surface area (Å²) in [5.74, 6) is -1.51. The molecule has 0 amide bonds. The molecule has 0 aromatic heterocycles. The summed E-state index contributed by atoms with van der Waals surface area (Å²) < 4.78 is 32.3. The smallest absolute Gasteiger partial charge is 0.197 e. The summed E-state index contributed by atoms with van der Waals surface area (Å²) in [6.07, 6.45) is 0. The van der Waals surface area contributed by atoms with Crippen molar-refractivity contribution in [2.45, 2.75) is 6.92 Å². The highest BCUT2D eigenvalue weighted by Crippen LogP contribution is 2.26. The summed E-state index contributed by atoms with van der Waals surface area (Å²) in [6.45, 7) is 2.35. The van der Waals surface area contributed by atoms with E-state index in [4.69, 9.17) is 4.74 Å². The largest absolute Gasteiger partial charge is 0.494 e. The molecule has 0 saturated heterocycles. The standard InChI is InChI=1S/C15H11BrF2O2/c1-2-20-10-4-6-11(13(16)8-10)15(19)12-5-3-9(17)7-14(12)18/h3-8H,2H2,1H3. The molecule has 0 aliphatic heterocycles. The first-order chi connectivity index (χ1) is 9.52. The number of hydrogen-bond donors (Lipinski definition) is 0. The first-order valence-corrected chi connectivity index (χ1v) is 6.74. The molecule has 2 aromatic carbocycles. The number of ketones is 1. The van der Waals surface area contributed by atoms with Gasteiger partial charge in [-0.1, -0.05) is 0 Å². The van der Waals surface area contributed by atoms with E-state index in [1.165, 1.54) is 0 Å². The van der Waals surface area contributed by atoms with Crippen LogP contribution in [0.5, 0.6) is 5.75 Å². The minimum absolute atomic E-state index is 0.170. The Morgan fingerprint density at radius 1 is 1.15 bits per heavy atom. The highest BCUT2D eigenvalue weighted by molar-refractivity contribution is 9.10. The molecule has 0 N–H and O–H groups in total. The summed E-state index contributed by atoms with van der Waals surface area (Å²) in [6, 6.07) is 7.69. The monoisotopic (exact) mass is 340 g/mol. The zero-order valence-electron chi connectivity index (χ0n) is 10.6. The van der Waals surface area contributed by atoms with E-state index >= 15 is 0 Å². The van der Waals surface area contributed by atoms with Crippen LogP contribution in [0, 0.1) is 11.6 Å². The van der Waals surface area contributed by atoms with Crippen LogP contribution in [0.25, 0.3) is 0 Å². The predicted octanol–water partition coefficient (Wildman–Crippen LogP) is 4.36. The molecule has 104 valence electrons. The van der Waals surface area contributed by atoms with Crippen molar-refractivity contribution in [1.82, 2.24) is 0 Å². The Hall–Kier alpha value is -1.75. The maximum Gasteiger partial charge on any atom is 0.197 e. The second-order valence-electron chi connectivity index (χ2n) is 4.03. The van der Waals surface area contributed by atoms with Crippen LogP contribution in [0.15, 0.2) is 40.9 Å². The number of halogens is 3. The van der Waals surface area contributed by atoms with Gasteiger partial charge >= 0.3 is 0 Å². The molecule has 0 fully saturated rings. The quantitative estimate of drug-likeness (QED) is 0.773. The Bertz CT molecular complexity index is 656. The van der Waals surface area contributed by atoms with E-state index in [1.807, 2.05) is 6.92 Å². The van der Waals surface area contributed by atoms with Gasteiger partial charge in [-0.3, -0.25) is 4.79 Å². The molecule has 0 heterocycles. The van der Waals surface area contributed by atoms with Crippen LogP contribution in [0.3, 0.4) is 0 Å². The van der Waals surface area contributed by atoms with Crippen molar-refractivity contribution in [2.75, 3.05) is 6.61 Å². The number of ether oxygens (including phenoxy) is 1. The molecule has 0 radical (unpaired) electrons. The van der Waals surface area contributed by atoms with Crippen molar-refractivity contribution in [2.24, 2.45) is 0 Å². The Kier molecular flexibility index (Phi) is 4.49. The van der Waals surface area contributed by atoms with Gasteiger partial charge in [-0.05, 0) is 53.2 Å². The first-order valence-electron chi connectivity index (χ1n) is 5.95. The summed E-state index contributed by atoms with van der Waals surface area (Å²) in [5, 5.41) is 0. The lowest BCUT2D eigenvalue weighted by atomic mass is 10.0. The zero-order valence-corrected chi connectivity index (χ0v) is 12.2. The number of rotatable bonds is 4. The average Bonchev–Trinajstić information content (AvgIpc) is 2.38. The van der Waals surface area contributed by atoms with Crippen molar-refractivity contribution < 1.29 is 18.3 Å². The van der Waals surface area contributed by atoms with E-state index in [-0.39, 0.29) is 5.56 Å². The third-order valence-electron chi connectivity index (χ3n) is 2.67. The lowest BCUT2D eigenvalue weighted by molar-refractivity contribution is 0.103. The normalized spacial score (nSPS) is 10.4. The molecule has 2 nitrogen and oxygen atoms in total. The van der Waals surface area contributed by atoms with Gasteiger partial charge in [0.05, 0.1) is 12.2 Å². The molecule has 0 saturated carbocycles. The van der Waals surface area contributed by atoms with Crippen LogP contribution < -0.4 is 4.74 Å². The minimum atomic E-state index is -0.879. The topological polar surface area (TPSA) is 26.3 Å². The molecular formula is C15H11BrF2O2. The second-order valence-corrected chi connectivity index (χ2v) is 4.88. The Morgan fingerprint density at radius 3 is 2.45 bits per heavy atom. The van der Waals surface area contributed by atoms with Gasteiger partial charge in [-0.2, -0.15) is 0 Å². The van der Waals surface area contributed by atoms with E-state index in [1.54, 1.807) is 18.2 Å². The van der Waals surface area contributed by atoms with Crippen molar-refractivity contribution in [3.8, 4) is 5.75 Å². The molecule has 20 heavy (non-hydrogen) atoms. The molecular weight excluding hydrogens is 330 g/mol. The summed E-state index contributed by atoms with van der Waals surface area (Å²) in [7, 11) is 0. The first kappa shape index (κ1) is 14.7. The van der Waals surface area contributed by atoms with E-state index < -0.39 is 17.4 Å². The SMILES string of the molecule is CCOc1ccc(C(=O)c2ccc(F)cc2F)c(Br)c1. The third-order valence-corrected chi connectivity index (χ3v) is 3.33. The fourth-order valence-electron chi connectivity index (χ4n) is 1.76. The van der Waals surface area contributed by atoms with Crippen LogP contribution >= 0.6 is 15.9 Å².